The van der Waals surface area contributed by atoms with E-state index in [1.165, 1.54) is 19.3 Å². The van der Waals surface area contributed by atoms with Gasteiger partial charge in [-0.2, -0.15) is 0 Å². The van der Waals surface area contributed by atoms with Gasteiger partial charge in [0.2, 0.25) is 10.0 Å². The van der Waals surface area contributed by atoms with Gasteiger partial charge >= 0.3 is 0 Å². The van der Waals surface area contributed by atoms with Gasteiger partial charge in [-0.15, -0.1) is 0 Å². The van der Waals surface area contributed by atoms with Crippen LogP contribution in [0.5, 0.6) is 0 Å². The highest BCUT2D eigenvalue weighted by Gasteiger charge is 2.24. The zero-order chi connectivity index (χ0) is 14.9. The second kappa shape index (κ2) is 6.10. The summed E-state index contributed by atoms with van der Waals surface area (Å²) in [5, 5.41) is 3.37. The first-order chi connectivity index (χ1) is 10.0. The molecular formula is C15H25N3O2S. The number of aromatic nitrogens is 1. The summed E-state index contributed by atoms with van der Waals surface area (Å²) in [5.41, 5.74) is 0.928. The maximum absolute atomic E-state index is 12.3. The van der Waals surface area contributed by atoms with E-state index in [-0.39, 0.29) is 0 Å². The molecule has 0 radical (unpaired) electrons. The summed E-state index contributed by atoms with van der Waals surface area (Å²) in [6.45, 7) is 3.51. The molecule has 1 heterocycles. The fourth-order valence-electron chi connectivity index (χ4n) is 3.04. The fourth-order valence-corrected chi connectivity index (χ4v) is 4.17. The second-order valence-corrected chi connectivity index (χ2v) is 8.42. The van der Waals surface area contributed by atoms with Crippen LogP contribution >= 0.6 is 0 Å². The molecular weight excluding hydrogens is 286 g/mol. The normalized spacial score (nSPS) is 26.3. The van der Waals surface area contributed by atoms with Crippen molar-refractivity contribution in [2.45, 2.75) is 56.5 Å². The Labute approximate surface area is 127 Å². The lowest BCUT2D eigenvalue weighted by Gasteiger charge is -2.10. The highest BCUT2D eigenvalue weighted by atomic mass is 32.2. The van der Waals surface area contributed by atoms with Gasteiger partial charge in [0.15, 0.2) is 0 Å². The molecule has 3 rings (SSSR count). The first-order valence-electron chi connectivity index (χ1n) is 7.93. The van der Waals surface area contributed by atoms with E-state index in [4.69, 9.17) is 0 Å². The third-order valence-electron chi connectivity index (χ3n) is 4.55. The summed E-state index contributed by atoms with van der Waals surface area (Å²) in [7, 11) is -3.38. The maximum Gasteiger partial charge on any atom is 0.242 e. The van der Waals surface area contributed by atoms with Crippen LogP contribution in [0.25, 0.3) is 0 Å². The van der Waals surface area contributed by atoms with Gasteiger partial charge in [0.25, 0.3) is 0 Å². The molecule has 118 valence electrons. The average molecular weight is 311 g/mol. The Balaban J connectivity index is 1.53. The first kappa shape index (κ1) is 15.1. The van der Waals surface area contributed by atoms with E-state index < -0.39 is 10.0 Å². The Morgan fingerprint density at radius 1 is 1.29 bits per heavy atom. The van der Waals surface area contributed by atoms with Gasteiger partial charge in [-0.3, -0.25) is 0 Å². The zero-order valence-electron chi connectivity index (χ0n) is 12.6. The molecule has 5 nitrogen and oxygen atoms in total. The molecule has 2 aliphatic carbocycles. The predicted molar refractivity (Wildman–Crippen MR) is 82.3 cm³/mol. The number of hydrogen-bond donors (Lipinski definition) is 3. The first-order valence-corrected chi connectivity index (χ1v) is 9.41. The van der Waals surface area contributed by atoms with Gasteiger partial charge < -0.3 is 10.3 Å². The molecule has 2 unspecified atom stereocenters. The Hall–Kier alpha value is -0.850. The van der Waals surface area contributed by atoms with Crippen LogP contribution in [0.4, 0.5) is 0 Å². The number of H-pyrrole nitrogens is 1. The third-order valence-corrected chi connectivity index (χ3v) is 5.95. The summed E-state index contributed by atoms with van der Waals surface area (Å²) >= 11 is 0. The van der Waals surface area contributed by atoms with Crippen molar-refractivity contribution in [2.24, 2.45) is 11.8 Å². The van der Waals surface area contributed by atoms with Gasteiger partial charge in [0.05, 0.1) is 4.90 Å². The standard InChI is InChI=1S/C15H25N3O2S/c1-11-2-3-12(6-11)8-18-21(19,20)15-7-14(17-10-15)9-16-13-4-5-13/h7,10-13,16-18H,2-6,8-9H2,1H3. The molecule has 21 heavy (non-hydrogen) atoms. The summed E-state index contributed by atoms with van der Waals surface area (Å²) in [4.78, 5) is 3.40. The Morgan fingerprint density at radius 3 is 2.76 bits per heavy atom. The van der Waals surface area contributed by atoms with Crippen LogP contribution in [-0.2, 0) is 16.6 Å². The van der Waals surface area contributed by atoms with E-state index in [2.05, 4.69) is 21.9 Å². The molecule has 2 saturated carbocycles. The van der Waals surface area contributed by atoms with Crippen LogP contribution in [0.15, 0.2) is 17.2 Å². The van der Waals surface area contributed by atoms with Crippen molar-refractivity contribution in [3.63, 3.8) is 0 Å². The fraction of sp³-hybridized carbons (Fsp3) is 0.733. The smallest absolute Gasteiger partial charge is 0.242 e. The highest BCUT2D eigenvalue weighted by Crippen LogP contribution is 2.30. The van der Waals surface area contributed by atoms with Crippen LogP contribution < -0.4 is 10.0 Å². The lowest BCUT2D eigenvalue weighted by atomic mass is 10.1. The van der Waals surface area contributed by atoms with Crippen molar-refractivity contribution >= 4 is 10.0 Å². The highest BCUT2D eigenvalue weighted by molar-refractivity contribution is 7.89. The van der Waals surface area contributed by atoms with Crippen LogP contribution in [0.2, 0.25) is 0 Å². The van der Waals surface area contributed by atoms with Crippen LogP contribution in [-0.4, -0.2) is 26.0 Å². The quantitative estimate of drug-likeness (QED) is 0.721. The summed E-state index contributed by atoms with van der Waals surface area (Å²) in [5.74, 6) is 1.22. The molecule has 2 fully saturated rings. The number of nitrogens with one attached hydrogen (secondary N) is 3. The zero-order valence-corrected chi connectivity index (χ0v) is 13.4. The number of aromatic amines is 1. The molecule has 2 aliphatic rings. The molecule has 2 atom stereocenters. The molecule has 0 spiro atoms. The Bertz CT molecular complexity index is 577. The lowest BCUT2D eigenvalue weighted by Crippen LogP contribution is -2.28. The Kier molecular flexibility index (Phi) is 4.38. The third kappa shape index (κ3) is 4.08. The summed E-state index contributed by atoms with van der Waals surface area (Å²) in [6, 6.07) is 2.35. The van der Waals surface area contributed by atoms with Crippen molar-refractivity contribution in [3.05, 3.63) is 18.0 Å². The SMILES string of the molecule is CC1CCC(CNS(=O)(=O)c2c[nH]c(CNC3CC3)c2)C1. The van der Waals surface area contributed by atoms with Gasteiger partial charge in [-0.25, -0.2) is 13.1 Å². The van der Waals surface area contributed by atoms with Crippen molar-refractivity contribution in [2.75, 3.05) is 6.54 Å². The average Bonchev–Trinajstić information content (AvgIpc) is 2.97. The lowest BCUT2D eigenvalue weighted by molar-refractivity contribution is 0.498. The summed E-state index contributed by atoms with van der Waals surface area (Å²) < 4.78 is 27.3. The van der Waals surface area contributed by atoms with Gasteiger partial charge in [0, 0.05) is 31.0 Å². The van der Waals surface area contributed by atoms with Gasteiger partial charge in [0.1, 0.15) is 0 Å². The number of rotatable bonds is 7. The minimum Gasteiger partial charge on any atom is -0.363 e. The van der Waals surface area contributed by atoms with Crippen LogP contribution in [0.3, 0.4) is 0 Å². The summed E-state index contributed by atoms with van der Waals surface area (Å²) in [6.07, 6.45) is 7.52. The van der Waals surface area contributed by atoms with Crippen LogP contribution in [0.1, 0.15) is 44.7 Å². The molecule has 0 amide bonds. The van der Waals surface area contributed by atoms with E-state index in [0.717, 1.165) is 24.5 Å². The predicted octanol–water partition coefficient (Wildman–Crippen LogP) is 1.98. The molecule has 0 aromatic carbocycles. The molecule has 1 aromatic rings. The van der Waals surface area contributed by atoms with Gasteiger partial charge in [-0.1, -0.05) is 13.3 Å². The van der Waals surface area contributed by atoms with E-state index in [0.29, 0.717) is 29.9 Å². The van der Waals surface area contributed by atoms with Crippen molar-refractivity contribution in [3.8, 4) is 0 Å². The minimum atomic E-state index is -3.38. The van der Waals surface area contributed by atoms with Crippen molar-refractivity contribution in [1.29, 1.82) is 0 Å². The monoisotopic (exact) mass is 311 g/mol. The van der Waals surface area contributed by atoms with E-state index >= 15 is 0 Å². The largest absolute Gasteiger partial charge is 0.363 e. The van der Waals surface area contributed by atoms with E-state index in [1.807, 2.05) is 0 Å². The number of sulfonamides is 1. The van der Waals surface area contributed by atoms with E-state index in [1.54, 1.807) is 12.3 Å². The van der Waals surface area contributed by atoms with Crippen LogP contribution in [0, 0.1) is 11.8 Å². The molecule has 0 bridgehead atoms. The van der Waals surface area contributed by atoms with E-state index in [9.17, 15) is 8.42 Å². The molecule has 3 N–H and O–H groups in total. The molecule has 0 saturated heterocycles. The van der Waals surface area contributed by atoms with Crippen molar-refractivity contribution < 1.29 is 8.42 Å². The molecule has 1 aromatic heterocycles. The second-order valence-electron chi connectivity index (χ2n) is 6.65. The maximum atomic E-state index is 12.3. The molecule has 0 aliphatic heterocycles. The Morgan fingerprint density at radius 2 is 2.10 bits per heavy atom. The molecule has 6 heteroatoms. The number of hydrogen-bond acceptors (Lipinski definition) is 3. The van der Waals surface area contributed by atoms with Gasteiger partial charge in [-0.05, 0) is 43.6 Å². The minimum absolute atomic E-state index is 0.348. The van der Waals surface area contributed by atoms with Crippen molar-refractivity contribution in [1.82, 2.24) is 15.0 Å². The topological polar surface area (TPSA) is 74.0 Å².